The first-order chi connectivity index (χ1) is 8.09. The van der Waals surface area contributed by atoms with Crippen LogP contribution in [0.4, 0.5) is 4.79 Å². The third-order valence-corrected chi connectivity index (χ3v) is 3.48. The Bertz CT molecular complexity index is 317. The van der Waals surface area contributed by atoms with E-state index >= 15 is 0 Å². The van der Waals surface area contributed by atoms with Gasteiger partial charge in [-0.15, -0.1) is 0 Å². The maximum absolute atomic E-state index is 12.2. The zero-order valence-corrected chi connectivity index (χ0v) is 9.84. The van der Waals surface area contributed by atoms with Crippen LogP contribution in [0.15, 0.2) is 0 Å². The van der Waals surface area contributed by atoms with Gasteiger partial charge in [0, 0.05) is 13.1 Å². The molecule has 0 bridgehead atoms. The molecule has 2 aliphatic rings. The van der Waals surface area contributed by atoms with Crippen molar-refractivity contribution in [3.8, 4) is 0 Å². The monoisotopic (exact) mass is 241 g/mol. The van der Waals surface area contributed by atoms with Gasteiger partial charge in [-0.25, -0.2) is 15.6 Å². The van der Waals surface area contributed by atoms with E-state index in [2.05, 4.69) is 0 Å². The van der Waals surface area contributed by atoms with Crippen LogP contribution < -0.4 is 5.84 Å². The SMILES string of the molecule is NN(C(=O)O)[C@@H]1CCCCN(CC2CC2)C1=O. The Balaban J connectivity index is 2.03. The first-order valence-corrected chi connectivity index (χ1v) is 6.15. The second-order valence-electron chi connectivity index (χ2n) is 4.93. The molecule has 2 fully saturated rings. The Hall–Kier alpha value is -1.30. The maximum Gasteiger partial charge on any atom is 0.422 e. The average Bonchev–Trinajstić information content (AvgIpc) is 3.09. The molecule has 1 atom stereocenters. The van der Waals surface area contributed by atoms with Crippen molar-refractivity contribution >= 4 is 12.0 Å². The summed E-state index contributed by atoms with van der Waals surface area (Å²) in [5.41, 5.74) is 0. The van der Waals surface area contributed by atoms with E-state index in [1.807, 2.05) is 0 Å². The van der Waals surface area contributed by atoms with Gasteiger partial charge in [0.1, 0.15) is 6.04 Å². The summed E-state index contributed by atoms with van der Waals surface area (Å²) < 4.78 is 0. The highest BCUT2D eigenvalue weighted by atomic mass is 16.4. The molecule has 2 rings (SSSR count). The molecule has 0 spiro atoms. The summed E-state index contributed by atoms with van der Waals surface area (Å²) >= 11 is 0. The first kappa shape index (κ1) is 12.2. The molecule has 6 heteroatoms. The summed E-state index contributed by atoms with van der Waals surface area (Å²) in [4.78, 5) is 24.8. The second kappa shape index (κ2) is 4.91. The lowest BCUT2D eigenvalue weighted by Crippen LogP contribution is -2.53. The molecule has 1 saturated carbocycles. The third-order valence-electron chi connectivity index (χ3n) is 3.48. The van der Waals surface area contributed by atoms with Crippen molar-refractivity contribution in [1.82, 2.24) is 9.91 Å². The van der Waals surface area contributed by atoms with E-state index in [4.69, 9.17) is 10.9 Å². The summed E-state index contributed by atoms with van der Waals surface area (Å²) in [7, 11) is 0. The number of nitrogens with two attached hydrogens (primary N) is 1. The molecule has 1 heterocycles. The number of carboxylic acid groups (broad SMARTS) is 1. The lowest BCUT2D eigenvalue weighted by atomic mass is 10.1. The van der Waals surface area contributed by atoms with Crippen LogP contribution in [0.1, 0.15) is 32.1 Å². The quantitative estimate of drug-likeness (QED) is 0.431. The Morgan fingerprint density at radius 1 is 1.41 bits per heavy atom. The van der Waals surface area contributed by atoms with E-state index in [-0.39, 0.29) is 5.91 Å². The number of rotatable bonds is 3. The number of carbonyl (C=O) groups is 2. The van der Waals surface area contributed by atoms with Gasteiger partial charge in [-0.3, -0.25) is 4.79 Å². The summed E-state index contributed by atoms with van der Waals surface area (Å²) in [5, 5.41) is 9.51. The highest BCUT2D eigenvalue weighted by Gasteiger charge is 2.35. The predicted octanol–water partition coefficient (Wildman–Crippen LogP) is 0.631. The smallest absolute Gasteiger partial charge is 0.422 e. The van der Waals surface area contributed by atoms with Crippen LogP contribution in [0.3, 0.4) is 0 Å². The van der Waals surface area contributed by atoms with E-state index in [9.17, 15) is 9.59 Å². The molecule has 17 heavy (non-hydrogen) atoms. The minimum atomic E-state index is -1.24. The summed E-state index contributed by atoms with van der Waals surface area (Å²) in [5.74, 6) is 5.94. The molecule has 0 aromatic heterocycles. The van der Waals surface area contributed by atoms with Gasteiger partial charge >= 0.3 is 6.09 Å². The van der Waals surface area contributed by atoms with Crippen molar-refractivity contribution in [2.24, 2.45) is 11.8 Å². The van der Waals surface area contributed by atoms with Crippen LogP contribution in [0.5, 0.6) is 0 Å². The minimum Gasteiger partial charge on any atom is -0.464 e. The van der Waals surface area contributed by atoms with E-state index in [0.29, 0.717) is 17.3 Å². The molecular weight excluding hydrogens is 222 g/mol. The zero-order valence-electron chi connectivity index (χ0n) is 9.84. The van der Waals surface area contributed by atoms with Gasteiger partial charge in [0.25, 0.3) is 0 Å². The number of nitrogens with zero attached hydrogens (tertiary/aromatic N) is 2. The number of hydrogen-bond acceptors (Lipinski definition) is 3. The molecule has 0 aromatic carbocycles. The molecular formula is C11H19N3O3. The van der Waals surface area contributed by atoms with Gasteiger partial charge < -0.3 is 10.0 Å². The van der Waals surface area contributed by atoms with Gasteiger partial charge in [0.2, 0.25) is 5.91 Å². The fraction of sp³-hybridized carbons (Fsp3) is 0.818. The summed E-state index contributed by atoms with van der Waals surface area (Å²) in [6, 6.07) is -0.700. The molecule has 1 aliphatic heterocycles. The van der Waals surface area contributed by atoms with E-state index < -0.39 is 12.1 Å². The van der Waals surface area contributed by atoms with Gasteiger partial charge in [-0.1, -0.05) is 0 Å². The van der Waals surface area contributed by atoms with Crippen LogP contribution in [-0.4, -0.2) is 46.1 Å². The number of carbonyl (C=O) groups excluding carboxylic acids is 1. The Morgan fingerprint density at radius 3 is 2.71 bits per heavy atom. The summed E-state index contributed by atoms with van der Waals surface area (Å²) in [6.07, 6.45) is 3.43. The maximum atomic E-state index is 12.2. The van der Waals surface area contributed by atoms with Crippen molar-refractivity contribution in [1.29, 1.82) is 0 Å². The molecule has 0 aromatic rings. The molecule has 1 saturated heterocycles. The first-order valence-electron chi connectivity index (χ1n) is 6.15. The number of hydrazine groups is 1. The number of amides is 2. The molecule has 96 valence electrons. The molecule has 0 radical (unpaired) electrons. The molecule has 2 amide bonds. The van der Waals surface area contributed by atoms with Crippen LogP contribution in [0.25, 0.3) is 0 Å². The van der Waals surface area contributed by atoms with Crippen LogP contribution >= 0.6 is 0 Å². The fourth-order valence-electron chi connectivity index (χ4n) is 2.27. The second-order valence-corrected chi connectivity index (χ2v) is 4.93. The van der Waals surface area contributed by atoms with Crippen LogP contribution in [0.2, 0.25) is 0 Å². The molecule has 3 N–H and O–H groups in total. The van der Waals surface area contributed by atoms with Crippen LogP contribution in [-0.2, 0) is 4.79 Å². The van der Waals surface area contributed by atoms with Crippen molar-refractivity contribution in [3.05, 3.63) is 0 Å². The largest absolute Gasteiger partial charge is 0.464 e. The van der Waals surface area contributed by atoms with E-state index in [1.165, 1.54) is 12.8 Å². The lowest BCUT2D eigenvalue weighted by Gasteiger charge is -2.28. The van der Waals surface area contributed by atoms with Gasteiger partial charge in [-0.2, -0.15) is 0 Å². The fourth-order valence-corrected chi connectivity index (χ4v) is 2.27. The Labute approximate surface area is 100 Å². The zero-order chi connectivity index (χ0) is 12.4. The van der Waals surface area contributed by atoms with Gasteiger partial charge in [0.15, 0.2) is 0 Å². The molecule has 1 aliphatic carbocycles. The van der Waals surface area contributed by atoms with Crippen molar-refractivity contribution in [2.75, 3.05) is 13.1 Å². The normalized spacial score (nSPS) is 25.6. The highest BCUT2D eigenvalue weighted by molar-refractivity contribution is 5.85. The van der Waals surface area contributed by atoms with E-state index in [1.54, 1.807) is 4.90 Å². The van der Waals surface area contributed by atoms with Crippen LogP contribution in [0, 0.1) is 5.92 Å². The Morgan fingerprint density at radius 2 is 2.12 bits per heavy atom. The predicted molar refractivity (Wildman–Crippen MR) is 61.0 cm³/mol. The molecule has 6 nitrogen and oxygen atoms in total. The third kappa shape index (κ3) is 2.88. The average molecular weight is 241 g/mol. The van der Waals surface area contributed by atoms with Crippen molar-refractivity contribution in [2.45, 2.75) is 38.1 Å². The highest BCUT2D eigenvalue weighted by Crippen LogP contribution is 2.30. The Kier molecular flexibility index (Phi) is 3.51. The summed E-state index contributed by atoms with van der Waals surface area (Å²) in [6.45, 7) is 1.50. The minimum absolute atomic E-state index is 0.126. The van der Waals surface area contributed by atoms with Crippen molar-refractivity contribution in [3.63, 3.8) is 0 Å². The van der Waals surface area contributed by atoms with E-state index in [0.717, 1.165) is 25.9 Å². The number of hydrogen-bond donors (Lipinski definition) is 2. The van der Waals surface area contributed by atoms with Crippen molar-refractivity contribution < 1.29 is 14.7 Å². The number of likely N-dealkylation sites (tertiary alicyclic amines) is 1. The van der Waals surface area contributed by atoms with Gasteiger partial charge in [0.05, 0.1) is 0 Å². The van der Waals surface area contributed by atoms with Gasteiger partial charge in [-0.05, 0) is 38.0 Å². The lowest BCUT2D eigenvalue weighted by molar-refractivity contribution is -0.136. The standard InChI is InChI=1S/C11H19N3O3/c12-14(11(16)17)9-3-1-2-6-13(10(9)15)7-8-4-5-8/h8-9H,1-7,12H2,(H,16,17)/t9-/m1/s1. The topological polar surface area (TPSA) is 86.9 Å². The molecule has 0 unspecified atom stereocenters.